The van der Waals surface area contributed by atoms with Gasteiger partial charge in [-0.25, -0.2) is 8.42 Å². The summed E-state index contributed by atoms with van der Waals surface area (Å²) < 4.78 is 30.6. The van der Waals surface area contributed by atoms with Gasteiger partial charge in [-0.3, -0.25) is 4.57 Å². The number of furan rings is 1. The van der Waals surface area contributed by atoms with Crippen LogP contribution in [-0.4, -0.2) is 36.5 Å². The molecule has 0 amide bonds. The summed E-state index contributed by atoms with van der Waals surface area (Å²) in [6, 6.07) is 8.63. The number of rotatable bonds is 8. The molecule has 0 radical (unpaired) electrons. The Hall–Kier alpha value is -2.47. The second kappa shape index (κ2) is 9.13. The summed E-state index contributed by atoms with van der Waals surface area (Å²) in [6.45, 7) is 0.961. The van der Waals surface area contributed by atoms with Crippen LogP contribution in [0, 0.1) is 12.3 Å². The normalized spacial score (nSPS) is 11.4. The number of hydrogen-bond acceptors (Lipinski definition) is 6. The highest BCUT2D eigenvalue weighted by atomic mass is 35.5. The Labute approximate surface area is 185 Å². The molecule has 1 aromatic carbocycles. The second-order valence-electron chi connectivity index (χ2n) is 6.90. The van der Waals surface area contributed by atoms with E-state index in [-0.39, 0.29) is 5.75 Å². The van der Waals surface area contributed by atoms with Gasteiger partial charge in [-0.2, -0.15) is 0 Å². The molecule has 0 aliphatic heterocycles. The van der Waals surface area contributed by atoms with Crippen LogP contribution in [0.1, 0.15) is 17.7 Å². The van der Waals surface area contributed by atoms with Gasteiger partial charge in [-0.05, 0) is 35.9 Å². The summed E-state index contributed by atoms with van der Waals surface area (Å²) in [4.78, 5) is 1.90. The van der Waals surface area contributed by atoms with E-state index in [9.17, 15) is 8.42 Å². The highest BCUT2D eigenvalue weighted by Crippen LogP contribution is 2.27. The molecular formula is C20H20Cl2N4O3S. The Morgan fingerprint density at radius 3 is 2.53 bits per heavy atom. The van der Waals surface area contributed by atoms with E-state index < -0.39 is 9.84 Å². The molecule has 0 aliphatic carbocycles. The van der Waals surface area contributed by atoms with Crippen molar-refractivity contribution < 1.29 is 12.8 Å². The highest BCUT2D eigenvalue weighted by molar-refractivity contribution is 7.89. The standard InChI is InChI=1S/C20H20Cl2N4O3S/c1-4-5-8-26-19(18-7-6-17(29-18)13-30(3,27)28)23-24-20(26)25(2)12-14-9-15(21)11-16(22)10-14/h1,6-7,9-11H,5,8,12-13H2,2-3H3. The summed E-state index contributed by atoms with van der Waals surface area (Å²) in [5.41, 5.74) is 0.913. The summed E-state index contributed by atoms with van der Waals surface area (Å²) >= 11 is 12.2. The molecule has 2 aromatic heterocycles. The van der Waals surface area contributed by atoms with Crippen molar-refractivity contribution in [3.05, 3.63) is 51.7 Å². The van der Waals surface area contributed by atoms with Crippen LogP contribution in [0.3, 0.4) is 0 Å². The minimum Gasteiger partial charge on any atom is -0.457 e. The molecule has 0 unspecified atom stereocenters. The summed E-state index contributed by atoms with van der Waals surface area (Å²) in [5, 5.41) is 9.65. The van der Waals surface area contributed by atoms with Gasteiger partial charge in [0.1, 0.15) is 11.5 Å². The molecule has 0 saturated carbocycles. The van der Waals surface area contributed by atoms with Gasteiger partial charge in [-0.1, -0.05) is 23.2 Å². The van der Waals surface area contributed by atoms with Crippen LogP contribution in [0.5, 0.6) is 0 Å². The first kappa shape index (κ1) is 22.2. The van der Waals surface area contributed by atoms with Gasteiger partial charge in [0.05, 0.1) is 0 Å². The van der Waals surface area contributed by atoms with Gasteiger partial charge >= 0.3 is 0 Å². The smallest absolute Gasteiger partial charge is 0.227 e. The molecule has 0 saturated heterocycles. The average Bonchev–Trinajstić information content (AvgIpc) is 3.23. The van der Waals surface area contributed by atoms with Crippen molar-refractivity contribution in [3.8, 4) is 23.9 Å². The van der Waals surface area contributed by atoms with E-state index in [1.54, 1.807) is 18.2 Å². The van der Waals surface area contributed by atoms with Crippen LogP contribution in [0.25, 0.3) is 11.6 Å². The molecule has 3 rings (SSSR count). The maximum Gasteiger partial charge on any atom is 0.227 e. The zero-order valence-corrected chi connectivity index (χ0v) is 18.8. The molecule has 30 heavy (non-hydrogen) atoms. The maximum atomic E-state index is 11.5. The molecule has 2 heterocycles. The molecule has 10 heteroatoms. The fourth-order valence-electron chi connectivity index (χ4n) is 3.02. The Balaban J connectivity index is 1.92. The highest BCUT2D eigenvalue weighted by Gasteiger charge is 2.20. The number of halogens is 2. The largest absolute Gasteiger partial charge is 0.457 e. The zero-order valence-electron chi connectivity index (χ0n) is 16.5. The van der Waals surface area contributed by atoms with E-state index >= 15 is 0 Å². The van der Waals surface area contributed by atoms with Crippen molar-refractivity contribution in [2.24, 2.45) is 0 Å². The Bertz CT molecular complexity index is 1170. The Kier molecular flexibility index (Phi) is 6.76. The van der Waals surface area contributed by atoms with E-state index in [1.165, 1.54) is 0 Å². The molecular weight excluding hydrogens is 447 g/mol. The molecule has 3 aromatic rings. The van der Waals surface area contributed by atoms with Gasteiger partial charge in [0.25, 0.3) is 0 Å². The van der Waals surface area contributed by atoms with Crippen molar-refractivity contribution >= 4 is 39.0 Å². The third-order valence-electron chi connectivity index (χ3n) is 4.18. The number of terminal acetylenes is 1. The lowest BCUT2D eigenvalue weighted by molar-refractivity contribution is 0.525. The zero-order chi connectivity index (χ0) is 21.9. The van der Waals surface area contributed by atoms with Crippen LogP contribution in [-0.2, 0) is 28.7 Å². The van der Waals surface area contributed by atoms with Gasteiger partial charge in [0.15, 0.2) is 15.6 Å². The average molecular weight is 467 g/mol. The fourth-order valence-corrected chi connectivity index (χ4v) is 4.27. The first-order valence-corrected chi connectivity index (χ1v) is 11.8. The number of anilines is 1. The van der Waals surface area contributed by atoms with Gasteiger partial charge < -0.3 is 9.32 Å². The number of benzene rings is 1. The van der Waals surface area contributed by atoms with Gasteiger partial charge in [-0.15, -0.1) is 22.5 Å². The van der Waals surface area contributed by atoms with Crippen LogP contribution < -0.4 is 4.90 Å². The van der Waals surface area contributed by atoms with Crippen molar-refractivity contribution in [3.63, 3.8) is 0 Å². The summed E-state index contributed by atoms with van der Waals surface area (Å²) in [6.07, 6.45) is 7.07. The number of aromatic nitrogens is 3. The quantitative estimate of drug-likeness (QED) is 0.465. The molecule has 0 aliphatic rings. The topological polar surface area (TPSA) is 81.2 Å². The van der Waals surface area contributed by atoms with Crippen LogP contribution in [0.4, 0.5) is 5.95 Å². The third kappa shape index (κ3) is 5.57. The summed E-state index contributed by atoms with van der Waals surface area (Å²) in [7, 11) is -1.35. The van der Waals surface area contributed by atoms with Gasteiger partial charge in [0.2, 0.25) is 11.8 Å². The van der Waals surface area contributed by atoms with Crippen molar-refractivity contribution in [2.75, 3.05) is 18.2 Å². The second-order valence-corrected chi connectivity index (χ2v) is 9.91. The minimum atomic E-state index is -3.21. The lowest BCUT2D eigenvalue weighted by Gasteiger charge is -2.19. The Morgan fingerprint density at radius 2 is 1.90 bits per heavy atom. The van der Waals surface area contributed by atoms with E-state index in [1.807, 2.05) is 28.6 Å². The molecule has 0 spiro atoms. The lowest BCUT2D eigenvalue weighted by atomic mass is 10.2. The maximum absolute atomic E-state index is 11.5. The third-order valence-corrected chi connectivity index (χ3v) is 5.43. The van der Waals surface area contributed by atoms with E-state index in [0.717, 1.165) is 11.8 Å². The van der Waals surface area contributed by atoms with E-state index in [2.05, 4.69) is 16.1 Å². The van der Waals surface area contributed by atoms with Crippen molar-refractivity contribution in [1.29, 1.82) is 0 Å². The van der Waals surface area contributed by atoms with Crippen molar-refractivity contribution in [1.82, 2.24) is 14.8 Å². The predicted molar refractivity (Wildman–Crippen MR) is 118 cm³/mol. The molecule has 0 fully saturated rings. The molecule has 0 atom stereocenters. The number of hydrogen-bond donors (Lipinski definition) is 0. The summed E-state index contributed by atoms with van der Waals surface area (Å²) in [5.74, 6) is 4.23. The number of nitrogens with zero attached hydrogens (tertiary/aromatic N) is 4. The van der Waals surface area contributed by atoms with Gasteiger partial charge in [0, 0.05) is 42.9 Å². The monoisotopic (exact) mass is 466 g/mol. The SMILES string of the molecule is C#CCCn1c(-c2ccc(CS(C)(=O)=O)o2)nnc1N(C)Cc1cc(Cl)cc(Cl)c1. The fraction of sp³-hybridized carbons (Fsp3) is 0.300. The van der Waals surface area contributed by atoms with Crippen LogP contribution in [0.15, 0.2) is 34.7 Å². The lowest BCUT2D eigenvalue weighted by Crippen LogP contribution is -2.21. The Morgan fingerprint density at radius 1 is 1.20 bits per heavy atom. The molecule has 0 N–H and O–H groups in total. The molecule has 0 bridgehead atoms. The van der Waals surface area contributed by atoms with E-state index in [4.69, 9.17) is 34.0 Å². The van der Waals surface area contributed by atoms with E-state index in [0.29, 0.717) is 52.8 Å². The first-order chi connectivity index (χ1) is 14.2. The molecule has 7 nitrogen and oxygen atoms in total. The van der Waals surface area contributed by atoms with Crippen molar-refractivity contribution in [2.45, 2.75) is 25.3 Å². The molecule has 158 valence electrons. The minimum absolute atomic E-state index is 0.187. The van der Waals surface area contributed by atoms with Crippen LogP contribution >= 0.6 is 23.2 Å². The predicted octanol–water partition coefficient (Wildman–Crippen LogP) is 4.05. The first-order valence-electron chi connectivity index (χ1n) is 8.96. The number of sulfone groups is 1. The van der Waals surface area contributed by atoms with Crippen LogP contribution in [0.2, 0.25) is 10.0 Å².